The highest BCUT2D eigenvalue weighted by molar-refractivity contribution is 6.25. The Morgan fingerprint density at radius 2 is 1.75 bits per heavy atom. The first-order valence-electron chi connectivity index (χ1n) is 12.6. The minimum atomic E-state index is -3.17. The molecule has 3 aliphatic carbocycles. The van der Waals surface area contributed by atoms with Crippen LogP contribution in [0.2, 0.25) is 0 Å². The molecule has 5 rings (SSSR count). The molecule has 40 heavy (non-hydrogen) atoms. The number of hydrogen-bond donors (Lipinski definition) is 6. The second kappa shape index (κ2) is 9.03. The van der Waals surface area contributed by atoms with Crippen molar-refractivity contribution < 1.29 is 44.3 Å². The molecule has 0 aliphatic heterocycles. The minimum Gasteiger partial charge on any atom is -0.508 e. The Bertz CT molecular complexity index is 1540. The Morgan fingerprint density at radius 3 is 2.35 bits per heavy atom. The monoisotopic (exact) mass is 553 g/mol. The molecule has 3 aliphatic rings. The number of rotatable bonds is 5. The molecule has 1 amide bonds. The Labute approximate surface area is 229 Å². The number of benzene rings is 1. The van der Waals surface area contributed by atoms with E-state index in [1.165, 1.54) is 25.1 Å². The average Bonchev–Trinajstić information content (AvgIpc) is 3.28. The number of aliphatic hydroxyl groups is 4. The maximum absolute atomic E-state index is 14.0. The van der Waals surface area contributed by atoms with Gasteiger partial charge in [0.05, 0.1) is 12.1 Å². The van der Waals surface area contributed by atoms with Crippen LogP contribution >= 0.6 is 0 Å². The molecule has 1 fully saturated rings. The summed E-state index contributed by atoms with van der Waals surface area (Å²) in [6, 6.07) is 4.86. The van der Waals surface area contributed by atoms with Crippen LogP contribution in [0.25, 0.3) is 17.1 Å². The number of phenols is 1. The van der Waals surface area contributed by atoms with Gasteiger partial charge in [-0.3, -0.25) is 19.3 Å². The van der Waals surface area contributed by atoms with E-state index in [9.17, 15) is 39.9 Å². The lowest BCUT2D eigenvalue weighted by Gasteiger charge is -2.55. The van der Waals surface area contributed by atoms with E-state index >= 15 is 0 Å². The molecule has 0 saturated heterocycles. The zero-order chi connectivity index (χ0) is 29.5. The van der Waals surface area contributed by atoms with Gasteiger partial charge in [0.15, 0.2) is 11.5 Å². The number of carbonyl (C=O) groups is 3. The Kier molecular flexibility index (Phi) is 6.23. The molecule has 1 heterocycles. The number of hydrogen-bond acceptors (Lipinski definition) is 11. The number of ketones is 2. The van der Waals surface area contributed by atoms with Crippen molar-refractivity contribution in [2.75, 3.05) is 28.2 Å². The van der Waals surface area contributed by atoms with Crippen molar-refractivity contribution in [1.82, 2.24) is 9.80 Å². The molecule has 4 atom stereocenters. The van der Waals surface area contributed by atoms with Gasteiger partial charge in [-0.05, 0) is 76.8 Å². The van der Waals surface area contributed by atoms with Crippen LogP contribution in [0.3, 0.4) is 0 Å². The van der Waals surface area contributed by atoms with Crippen LogP contribution in [0.5, 0.6) is 5.75 Å². The van der Waals surface area contributed by atoms with E-state index in [-0.39, 0.29) is 23.3 Å². The van der Waals surface area contributed by atoms with E-state index in [1.807, 2.05) is 19.0 Å². The van der Waals surface area contributed by atoms with E-state index < -0.39 is 64.1 Å². The van der Waals surface area contributed by atoms with Crippen LogP contribution in [0.15, 0.2) is 45.6 Å². The zero-order valence-corrected chi connectivity index (χ0v) is 22.4. The van der Waals surface area contributed by atoms with Gasteiger partial charge in [-0.25, -0.2) is 0 Å². The smallest absolute Gasteiger partial charge is 0.255 e. The van der Waals surface area contributed by atoms with Gasteiger partial charge in [0.25, 0.3) is 5.91 Å². The van der Waals surface area contributed by atoms with Crippen molar-refractivity contribution in [2.45, 2.75) is 36.6 Å². The van der Waals surface area contributed by atoms with Crippen LogP contribution in [0, 0.1) is 5.92 Å². The fourth-order valence-electron chi connectivity index (χ4n) is 6.49. The summed E-state index contributed by atoms with van der Waals surface area (Å²) in [7, 11) is 6.59. The number of nitrogens with zero attached hydrogens (tertiary/aromatic N) is 2. The van der Waals surface area contributed by atoms with Gasteiger partial charge in [0.2, 0.25) is 11.4 Å². The first-order chi connectivity index (χ1) is 18.6. The number of nitrogens with two attached hydrogens (primary N) is 1. The molecular formula is C28H31N3O9. The number of phenolic OH excluding ortho intramolecular Hbond substituents is 1. The lowest BCUT2D eigenvalue weighted by Crippen LogP contribution is -2.76. The predicted molar refractivity (Wildman–Crippen MR) is 141 cm³/mol. The topological polar surface area (TPSA) is 198 Å². The van der Waals surface area contributed by atoms with Crippen molar-refractivity contribution in [1.29, 1.82) is 0 Å². The Balaban J connectivity index is 1.73. The lowest BCUT2D eigenvalue weighted by molar-refractivity contribution is -0.202. The first kappa shape index (κ1) is 27.6. The molecule has 12 heteroatoms. The summed E-state index contributed by atoms with van der Waals surface area (Å²) in [5.74, 6) is -5.93. The average molecular weight is 554 g/mol. The van der Waals surface area contributed by atoms with E-state index in [0.29, 0.717) is 29.2 Å². The SMILES string of the molecule is CN(C)Cc1ccc(-c2ccc(O)c3c2C[C@H]2C[C@@]4(O)[C@H](N(C)C)C(=O)C(C(N)=O)=C(O)[C@@]4(O)C(=O)C2=C3O)o1. The predicted octanol–water partition coefficient (Wildman–Crippen LogP) is 0.401. The van der Waals surface area contributed by atoms with Gasteiger partial charge in [-0.2, -0.15) is 0 Å². The Hall–Kier alpha value is -3.97. The number of fused-ring (bicyclic) bond motifs is 3. The summed E-state index contributed by atoms with van der Waals surface area (Å²) in [6.07, 6.45) is -0.453. The second-order valence-electron chi connectivity index (χ2n) is 11.1. The van der Waals surface area contributed by atoms with Crippen molar-refractivity contribution in [3.63, 3.8) is 0 Å². The molecule has 1 aromatic heterocycles. The van der Waals surface area contributed by atoms with E-state index in [0.717, 1.165) is 0 Å². The van der Waals surface area contributed by atoms with Gasteiger partial charge < -0.3 is 40.6 Å². The summed E-state index contributed by atoms with van der Waals surface area (Å²) in [6.45, 7) is 0.530. The number of furan rings is 1. The van der Waals surface area contributed by atoms with Crippen LogP contribution in [0.4, 0.5) is 0 Å². The second-order valence-corrected chi connectivity index (χ2v) is 11.1. The number of likely N-dealkylation sites (N-methyl/N-ethyl adjacent to an activating group) is 1. The molecule has 0 radical (unpaired) electrons. The summed E-state index contributed by atoms with van der Waals surface area (Å²) < 4.78 is 6.00. The number of primary amides is 1. The molecule has 212 valence electrons. The minimum absolute atomic E-state index is 0.00773. The zero-order valence-electron chi connectivity index (χ0n) is 22.4. The highest BCUT2D eigenvalue weighted by Gasteiger charge is 2.72. The van der Waals surface area contributed by atoms with Gasteiger partial charge in [-0.15, -0.1) is 0 Å². The van der Waals surface area contributed by atoms with Crippen molar-refractivity contribution in [2.24, 2.45) is 11.7 Å². The van der Waals surface area contributed by atoms with Gasteiger partial charge in [0, 0.05) is 11.1 Å². The van der Waals surface area contributed by atoms with Crippen LogP contribution in [0.1, 0.15) is 23.3 Å². The molecule has 12 nitrogen and oxygen atoms in total. The fourth-order valence-corrected chi connectivity index (χ4v) is 6.49. The molecule has 1 aromatic carbocycles. The van der Waals surface area contributed by atoms with Gasteiger partial charge in [0.1, 0.15) is 40.2 Å². The molecule has 2 aromatic rings. The molecule has 0 unspecified atom stereocenters. The largest absolute Gasteiger partial charge is 0.508 e. The normalized spacial score (nSPS) is 28.2. The molecule has 0 spiro atoms. The van der Waals surface area contributed by atoms with E-state index in [4.69, 9.17) is 10.2 Å². The Morgan fingerprint density at radius 1 is 1.07 bits per heavy atom. The number of aliphatic hydroxyl groups excluding tert-OH is 2. The number of Topliss-reactive ketones (excluding diaryl/α,β-unsaturated/α-hetero) is 2. The summed E-state index contributed by atoms with van der Waals surface area (Å²) in [5, 5.41) is 56.7. The van der Waals surface area contributed by atoms with Crippen LogP contribution < -0.4 is 5.73 Å². The third kappa shape index (κ3) is 3.57. The third-order valence-corrected chi connectivity index (χ3v) is 8.09. The molecule has 7 N–H and O–H groups in total. The first-order valence-corrected chi connectivity index (χ1v) is 12.6. The quantitative estimate of drug-likeness (QED) is 0.280. The summed E-state index contributed by atoms with van der Waals surface area (Å²) >= 11 is 0. The van der Waals surface area contributed by atoms with Crippen molar-refractivity contribution in [3.05, 3.63) is 58.1 Å². The van der Waals surface area contributed by atoms with E-state index in [1.54, 1.807) is 18.2 Å². The fraction of sp³-hybridized carbons (Fsp3) is 0.393. The van der Waals surface area contributed by atoms with Crippen molar-refractivity contribution in [3.8, 4) is 17.1 Å². The van der Waals surface area contributed by atoms with Crippen LogP contribution in [-0.4, -0.2) is 98.2 Å². The van der Waals surface area contributed by atoms with E-state index in [2.05, 4.69) is 0 Å². The standard InChI is InChI=1S/C28H31N3O9/c1-30(2)11-13-5-8-17(40-13)14-6-7-16(32)19-15(14)9-12-10-27(38)23(31(3)4)22(34)20(26(29)37)25(36)28(27,39)24(35)18(12)21(19)33/h5-8,12,23,32-33,36,38-39H,9-11H2,1-4H3,(H2,29,37)/t12-,23+,27+,28-/m0/s1. The van der Waals surface area contributed by atoms with Gasteiger partial charge in [-0.1, -0.05) is 0 Å². The molecular weight excluding hydrogens is 522 g/mol. The summed E-state index contributed by atoms with van der Waals surface area (Å²) in [4.78, 5) is 42.5. The van der Waals surface area contributed by atoms with Crippen LogP contribution in [-0.2, 0) is 27.3 Å². The number of carbonyl (C=O) groups excluding carboxylic acids is 3. The summed E-state index contributed by atoms with van der Waals surface area (Å²) in [5.41, 5.74) is -0.922. The highest BCUT2D eigenvalue weighted by Crippen LogP contribution is 2.55. The van der Waals surface area contributed by atoms with Gasteiger partial charge >= 0.3 is 0 Å². The molecule has 1 saturated carbocycles. The highest BCUT2D eigenvalue weighted by atomic mass is 16.4. The van der Waals surface area contributed by atoms with Crippen molar-refractivity contribution >= 4 is 23.2 Å². The maximum atomic E-state index is 14.0. The number of amides is 1. The maximum Gasteiger partial charge on any atom is 0.255 e. The number of aromatic hydroxyl groups is 1. The third-order valence-electron chi connectivity index (χ3n) is 8.09. The lowest BCUT2D eigenvalue weighted by atomic mass is 9.54. The molecule has 0 bridgehead atoms.